The van der Waals surface area contributed by atoms with Gasteiger partial charge in [-0.3, -0.25) is 4.79 Å². The summed E-state index contributed by atoms with van der Waals surface area (Å²) in [4.78, 5) is 12.4. The molecule has 0 heterocycles. The number of rotatable bonds is 3. The van der Waals surface area contributed by atoms with E-state index in [2.05, 4.69) is 18.2 Å². The SMILES string of the molecule is CC[C@H](C(=O)OC(C)(C)C)c1cccc2ccccc12. The first kappa shape index (κ1) is 14.6. The third-order valence-electron chi connectivity index (χ3n) is 3.30. The van der Waals surface area contributed by atoms with Crippen molar-refractivity contribution < 1.29 is 9.53 Å². The normalized spacial score (nSPS) is 13.2. The number of carbonyl (C=O) groups excluding carboxylic acids is 1. The summed E-state index contributed by atoms with van der Waals surface area (Å²) in [5, 5.41) is 2.29. The van der Waals surface area contributed by atoms with E-state index in [1.807, 2.05) is 52.0 Å². The Hall–Kier alpha value is -1.83. The highest BCUT2D eigenvalue weighted by Crippen LogP contribution is 2.30. The molecule has 0 amide bonds. The Morgan fingerprint density at radius 2 is 1.75 bits per heavy atom. The molecule has 20 heavy (non-hydrogen) atoms. The average molecular weight is 270 g/mol. The number of hydrogen-bond donors (Lipinski definition) is 0. The second kappa shape index (κ2) is 5.66. The van der Waals surface area contributed by atoms with E-state index in [4.69, 9.17) is 4.74 Å². The molecule has 0 radical (unpaired) electrons. The van der Waals surface area contributed by atoms with Crippen molar-refractivity contribution in [2.45, 2.75) is 45.6 Å². The fourth-order valence-electron chi connectivity index (χ4n) is 2.44. The maximum atomic E-state index is 12.4. The fraction of sp³-hybridized carbons (Fsp3) is 0.389. The molecule has 0 aliphatic heterocycles. The van der Waals surface area contributed by atoms with E-state index in [1.165, 1.54) is 0 Å². The highest BCUT2D eigenvalue weighted by Gasteiger charge is 2.26. The molecule has 2 nitrogen and oxygen atoms in total. The van der Waals surface area contributed by atoms with Crippen LogP contribution in [0.3, 0.4) is 0 Å². The minimum atomic E-state index is -0.449. The third-order valence-corrected chi connectivity index (χ3v) is 3.30. The first-order valence-electron chi connectivity index (χ1n) is 7.13. The van der Waals surface area contributed by atoms with Gasteiger partial charge in [-0.1, -0.05) is 49.4 Å². The molecule has 0 aromatic heterocycles. The van der Waals surface area contributed by atoms with Gasteiger partial charge in [-0.05, 0) is 43.5 Å². The predicted octanol–water partition coefficient (Wildman–Crippen LogP) is 4.68. The van der Waals surface area contributed by atoms with Gasteiger partial charge in [0.15, 0.2) is 0 Å². The zero-order valence-corrected chi connectivity index (χ0v) is 12.6. The molecule has 0 N–H and O–H groups in total. The summed E-state index contributed by atoms with van der Waals surface area (Å²) in [6, 6.07) is 14.3. The van der Waals surface area contributed by atoms with Crippen molar-refractivity contribution in [3.8, 4) is 0 Å². The topological polar surface area (TPSA) is 26.3 Å². The minimum Gasteiger partial charge on any atom is -0.459 e. The standard InChI is InChI=1S/C18H22O2/c1-5-14(17(19)20-18(2,3)4)16-12-8-10-13-9-6-7-11-15(13)16/h6-12,14H,5H2,1-4H3/t14-/m0/s1. The van der Waals surface area contributed by atoms with E-state index in [0.29, 0.717) is 0 Å². The number of hydrogen-bond acceptors (Lipinski definition) is 2. The van der Waals surface area contributed by atoms with Crippen LogP contribution in [0.25, 0.3) is 10.8 Å². The summed E-state index contributed by atoms with van der Waals surface area (Å²) in [6.45, 7) is 7.73. The van der Waals surface area contributed by atoms with E-state index in [9.17, 15) is 4.79 Å². The van der Waals surface area contributed by atoms with E-state index in [-0.39, 0.29) is 11.9 Å². The Morgan fingerprint density at radius 1 is 1.10 bits per heavy atom. The molecule has 0 aliphatic rings. The molecule has 0 fully saturated rings. The maximum Gasteiger partial charge on any atom is 0.313 e. The molecule has 2 rings (SSSR count). The minimum absolute atomic E-state index is 0.142. The van der Waals surface area contributed by atoms with Crippen LogP contribution in [0, 0.1) is 0 Å². The van der Waals surface area contributed by atoms with E-state index < -0.39 is 5.60 Å². The smallest absolute Gasteiger partial charge is 0.313 e. The molecular weight excluding hydrogens is 248 g/mol. The van der Waals surface area contributed by atoms with Gasteiger partial charge >= 0.3 is 5.97 Å². The van der Waals surface area contributed by atoms with Gasteiger partial charge < -0.3 is 4.74 Å². The largest absolute Gasteiger partial charge is 0.459 e. The Kier molecular flexibility index (Phi) is 4.12. The molecule has 2 aromatic carbocycles. The predicted molar refractivity (Wildman–Crippen MR) is 82.8 cm³/mol. The molecule has 0 aliphatic carbocycles. The number of ether oxygens (including phenoxy) is 1. The van der Waals surface area contributed by atoms with Crippen LogP contribution in [0.1, 0.15) is 45.6 Å². The zero-order chi connectivity index (χ0) is 14.8. The second-order valence-corrected chi connectivity index (χ2v) is 6.06. The molecule has 0 saturated carbocycles. The van der Waals surface area contributed by atoms with Gasteiger partial charge in [0.2, 0.25) is 0 Å². The number of carbonyl (C=O) groups is 1. The molecule has 0 bridgehead atoms. The average Bonchev–Trinajstić information content (AvgIpc) is 2.38. The molecule has 0 spiro atoms. The van der Waals surface area contributed by atoms with Gasteiger partial charge in [0, 0.05) is 0 Å². The van der Waals surface area contributed by atoms with Crippen LogP contribution in [0.5, 0.6) is 0 Å². The van der Waals surface area contributed by atoms with Crippen molar-refractivity contribution in [1.29, 1.82) is 0 Å². The van der Waals surface area contributed by atoms with Crippen molar-refractivity contribution >= 4 is 16.7 Å². The molecule has 106 valence electrons. The number of fused-ring (bicyclic) bond motifs is 1. The summed E-state index contributed by atoms with van der Waals surface area (Å²) in [7, 11) is 0. The zero-order valence-electron chi connectivity index (χ0n) is 12.6. The lowest BCUT2D eigenvalue weighted by Gasteiger charge is -2.24. The maximum absolute atomic E-state index is 12.4. The van der Waals surface area contributed by atoms with Crippen LogP contribution in [-0.4, -0.2) is 11.6 Å². The second-order valence-electron chi connectivity index (χ2n) is 6.06. The summed E-state index contributed by atoms with van der Waals surface area (Å²) in [5.74, 6) is -0.350. The van der Waals surface area contributed by atoms with Crippen LogP contribution in [0.15, 0.2) is 42.5 Å². The van der Waals surface area contributed by atoms with Crippen molar-refractivity contribution in [2.75, 3.05) is 0 Å². The lowest BCUT2D eigenvalue weighted by atomic mass is 9.91. The van der Waals surface area contributed by atoms with E-state index in [0.717, 1.165) is 22.8 Å². The fourth-order valence-corrected chi connectivity index (χ4v) is 2.44. The molecule has 0 unspecified atom stereocenters. The third kappa shape index (κ3) is 3.19. The van der Waals surface area contributed by atoms with Crippen LogP contribution < -0.4 is 0 Å². The number of esters is 1. The lowest BCUT2D eigenvalue weighted by molar-refractivity contribution is -0.156. The molecule has 1 atom stereocenters. The monoisotopic (exact) mass is 270 g/mol. The Morgan fingerprint density at radius 3 is 2.40 bits per heavy atom. The van der Waals surface area contributed by atoms with Gasteiger partial charge in [0.25, 0.3) is 0 Å². The van der Waals surface area contributed by atoms with Crippen LogP contribution in [-0.2, 0) is 9.53 Å². The van der Waals surface area contributed by atoms with Gasteiger partial charge in [0.05, 0.1) is 5.92 Å². The quantitative estimate of drug-likeness (QED) is 0.757. The first-order chi connectivity index (χ1) is 9.42. The van der Waals surface area contributed by atoms with Crippen molar-refractivity contribution in [2.24, 2.45) is 0 Å². The van der Waals surface area contributed by atoms with Crippen molar-refractivity contribution in [3.05, 3.63) is 48.0 Å². The molecular formula is C18H22O2. The van der Waals surface area contributed by atoms with Crippen molar-refractivity contribution in [3.63, 3.8) is 0 Å². The van der Waals surface area contributed by atoms with Gasteiger partial charge in [-0.15, -0.1) is 0 Å². The van der Waals surface area contributed by atoms with Crippen molar-refractivity contribution in [1.82, 2.24) is 0 Å². The number of benzene rings is 2. The van der Waals surface area contributed by atoms with Crippen LogP contribution in [0.4, 0.5) is 0 Å². The summed E-state index contributed by atoms with van der Waals surface area (Å²) >= 11 is 0. The van der Waals surface area contributed by atoms with E-state index >= 15 is 0 Å². The first-order valence-corrected chi connectivity index (χ1v) is 7.13. The summed E-state index contributed by atoms with van der Waals surface area (Å²) < 4.78 is 5.56. The highest BCUT2D eigenvalue weighted by atomic mass is 16.6. The van der Waals surface area contributed by atoms with E-state index in [1.54, 1.807) is 0 Å². The molecule has 2 aromatic rings. The van der Waals surface area contributed by atoms with Crippen LogP contribution in [0.2, 0.25) is 0 Å². The molecule has 2 heteroatoms. The van der Waals surface area contributed by atoms with Gasteiger partial charge in [-0.25, -0.2) is 0 Å². The highest BCUT2D eigenvalue weighted by molar-refractivity contribution is 5.91. The Labute approximate surface area is 120 Å². The lowest BCUT2D eigenvalue weighted by Crippen LogP contribution is -2.27. The summed E-state index contributed by atoms with van der Waals surface area (Å²) in [6.07, 6.45) is 0.739. The van der Waals surface area contributed by atoms with Crippen LogP contribution >= 0.6 is 0 Å². The Balaban J connectivity index is 2.42. The summed E-state index contributed by atoms with van der Waals surface area (Å²) in [5.41, 5.74) is 0.606. The molecule has 0 saturated heterocycles. The van der Waals surface area contributed by atoms with Gasteiger partial charge in [-0.2, -0.15) is 0 Å². The van der Waals surface area contributed by atoms with Gasteiger partial charge in [0.1, 0.15) is 5.60 Å². The Bertz CT molecular complexity index is 603.